The fourth-order valence-electron chi connectivity index (χ4n) is 2.69. The van der Waals surface area contributed by atoms with E-state index in [1.54, 1.807) is 24.5 Å². The highest BCUT2D eigenvalue weighted by atomic mass is 19.1. The van der Waals surface area contributed by atoms with Crippen molar-refractivity contribution in [3.8, 4) is 11.4 Å². The number of fused-ring (bicyclic) bond motifs is 1. The molecule has 2 aromatic heterocycles. The number of rotatable bonds is 2. The summed E-state index contributed by atoms with van der Waals surface area (Å²) >= 11 is 0. The molecule has 0 spiro atoms. The van der Waals surface area contributed by atoms with Crippen LogP contribution in [-0.2, 0) is 13.0 Å². The zero-order valence-electron chi connectivity index (χ0n) is 11.8. The normalized spacial score (nSPS) is 14.0. The van der Waals surface area contributed by atoms with Crippen molar-refractivity contribution >= 4 is 5.95 Å². The smallest absolute Gasteiger partial charge is 0.225 e. The highest BCUT2D eigenvalue weighted by molar-refractivity contribution is 5.56. The van der Waals surface area contributed by atoms with Crippen LogP contribution in [-0.4, -0.2) is 26.5 Å². The lowest BCUT2D eigenvalue weighted by Gasteiger charge is -2.25. The van der Waals surface area contributed by atoms with E-state index in [0.29, 0.717) is 12.4 Å². The number of nitrogens with one attached hydrogen (secondary N) is 1. The second-order valence-electron chi connectivity index (χ2n) is 5.24. The summed E-state index contributed by atoms with van der Waals surface area (Å²) in [6.45, 7) is 1.51. The average Bonchev–Trinajstić information content (AvgIpc) is 2.99. The van der Waals surface area contributed by atoms with Crippen LogP contribution < -0.4 is 4.90 Å². The van der Waals surface area contributed by atoms with E-state index < -0.39 is 0 Å². The first kappa shape index (κ1) is 12.9. The third-order valence-corrected chi connectivity index (χ3v) is 3.76. The molecule has 0 radical (unpaired) electrons. The summed E-state index contributed by atoms with van der Waals surface area (Å²) in [5, 5.41) is 0. The predicted molar refractivity (Wildman–Crippen MR) is 80.8 cm³/mol. The summed E-state index contributed by atoms with van der Waals surface area (Å²) in [6, 6.07) is 8.27. The molecule has 0 aliphatic carbocycles. The van der Waals surface area contributed by atoms with Crippen molar-refractivity contribution in [2.75, 3.05) is 11.4 Å². The number of hydrogen-bond acceptors (Lipinski definition) is 4. The molecule has 5 nitrogen and oxygen atoms in total. The number of H-pyrrole nitrogens is 1. The van der Waals surface area contributed by atoms with Crippen LogP contribution in [0.5, 0.6) is 0 Å². The van der Waals surface area contributed by atoms with Gasteiger partial charge in [0.2, 0.25) is 5.95 Å². The molecule has 3 heterocycles. The molecule has 1 N–H and O–H groups in total. The SMILES string of the molecule is Fc1cccc(-c2nc3c([nH]2)CN(c2ncccn2)CC3)c1. The first-order valence-corrected chi connectivity index (χ1v) is 7.15. The maximum Gasteiger partial charge on any atom is 0.225 e. The highest BCUT2D eigenvalue weighted by Gasteiger charge is 2.22. The molecule has 0 atom stereocenters. The van der Waals surface area contributed by atoms with Crippen LogP contribution in [0.2, 0.25) is 0 Å². The summed E-state index contributed by atoms with van der Waals surface area (Å²) in [5.41, 5.74) is 2.83. The van der Waals surface area contributed by atoms with Gasteiger partial charge >= 0.3 is 0 Å². The average molecular weight is 295 g/mol. The van der Waals surface area contributed by atoms with Crippen molar-refractivity contribution in [1.82, 2.24) is 19.9 Å². The molecule has 0 saturated heterocycles. The Hall–Kier alpha value is -2.76. The van der Waals surface area contributed by atoms with E-state index in [1.165, 1.54) is 12.1 Å². The minimum atomic E-state index is -0.258. The molecule has 1 aliphatic heterocycles. The number of hydrogen-bond donors (Lipinski definition) is 1. The van der Waals surface area contributed by atoms with Gasteiger partial charge in [-0.1, -0.05) is 12.1 Å². The molecule has 0 bridgehead atoms. The second kappa shape index (κ2) is 5.22. The number of aromatic nitrogens is 4. The van der Waals surface area contributed by atoms with Crippen molar-refractivity contribution in [3.05, 3.63) is 59.9 Å². The van der Waals surface area contributed by atoms with Gasteiger partial charge in [-0.3, -0.25) is 0 Å². The lowest BCUT2D eigenvalue weighted by molar-refractivity contribution is 0.628. The zero-order chi connectivity index (χ0) is 14.9. The van der Waals surface area contributed by atoms with Crippen molar-refractivity contribution in [1.29, 1.82) is 0 Å². The first-order valence-electron chi connectivity index (χ1n) is 7.15. The molecule has 3 aromatic rings. The fourth-order valence-corrected chi connectivity index (χ4v) is 2.69. The Kier molecular flexibility index (Phi) is 3.07. The standard InChI is InChI=1S/C16H14FN5/c17-12-4-1-3-11(9-12)15-20-13-5-8-22(10-14(13)21-15)16-18-6-2-7-19-16/h1-4,6-7,9H,5,8,10H2,(H,20,21). The van der Waals surface area contributed by atoms with E-state index in [-0.39, 0.29) is 5.82 Å². The number of nitrogens with zero attached hydrogens (tertiary/aromatic N) is 4. The van der Waals surface area contributed by atoms with E-state index in [9.17, 15) is 4.39 Å². The molecule has 0 fully saturated rings. The van der Waals surface area contributed by atoms with E-state index >= 15 is 0 Å². The van der Waals surface area contributed by atoms with Crippen LogP contribution in [0.1, 0.15) is 11.4 Å². The molecule has 0 saturated carbocycles. The summed E-state index contributed by atoms with van der Waals surface area (Å²) in [7, 11) is 0. The van der Waals surface area contributed by atoms with Gasteiger partial charge in [-0.2, -0.15) is 0 Å². The molecule has 110 valence electrons. The Labute approximate surface area is 126 Å². The number of imidazole rings is 1. The first-order chi connectivity index (χ1) is 10.8. The monoisotopic (exact) mass is 295 g/mol. The van der Waals surface area contributed by atoms with Gasteiger partial charge in [0.25, 0.3) is 0 Å². The summed E-state index contributed by atoms with van der Waals surface area (Å²) in [4.78, 5) is 18.6. The summed E-state index contributed by atoms with van der Waals surface area (Å²) < 4.78 is 13.4. The number of anilines is 1. The van der Waals surface area contributed by atoms with Crippen molar-refractivity contribution in [2.45, 2.75) is 13.0 Å². The van der Waals surface area contributed by atoms with Gasteiger partial charge < -0.3 is 9.88 Å². The molecule has 4 rings (SSSR count). The quantitative estimate of drug-likeness (QED) is 0.789. The highest BCUT2D eigenvalue weighted by Crippen LogP contribution is 2.24. The van der Waals surface area contributed by atoms with Crippen LogP contribution in [0.25, 0.3) is 11.4 Å². The number of benzene rings is 1. The number of halogens is 1. The van der Waals surface area contributed by atoms with Crippen LogP contribution in [0.15, 0.2) is 42.7 Å². The third kappa shape index (κ3) is 2.32. The van der Waals surface area contributed by atoms with Gasteiger partial charge in [0.05, 0.1) is 17.9 Å². The lowest BCUT2D eigenvalue weighted by Crippen LogP contribution is -2.31. The third-order valence-electron chi connectivity index (χ3n) is 3.76. The summed E-state index contributed by atoms with van der Waals surface area (Å²) in [5.74, 6) is 1.17. The maximum atomic E-state index is 13.4. The number of aromatic amines is 1. The van der Waals surface area contributed by atoms with Crippen LogP contribution >= 0.6 is 0 Å². The Morgan fingerprint density at radius 2 is 2.00 bits per heavy atom. The van der Waals surface area contributed by atoms with Gasteiger partial charge in [0.15, 0.2) is 0 Å². The summed E-state index contributed by atoms with van der Waals surface area (Å²) in [6.07, 6.45) is 4.30. The second-order valence-corrected chi connectivity index (χ2v) is 5.24. The Morgan fingerprint density at radius 3 is 2.82 bits per heavy atom. The van der Waals surface area contributed by atoms with Gasteiger partial charge in [-0.05, 0) is 18.2 Å². The van der Waals surface area contributed by atoms with Gasteiger partial charge in [0.1, 0.15) is 11.6 Å². The van der Waals surface area contributed by atoms with E-state index in [4.69, 9.17) is 0 Å². The molecule has 22 heavy (non-hydrogen) atoms. The Bertz CT molecular complexity index is 799. The van der Waals surface area contributed by atoms with Gasteiger partial charge in [-0.25, -0.2) is 19.3 Å². The van der Waals surface area contributed by atoms with E-state index in [1.807, 2.05) is 6.07 Å². The van der Waals surface area contributed by atoms with Crippen LogP contribution in [0.4, 0.5) is 10.3 Å². The topological polar surface area (TPSA) is 57.7 Å². The van der Waals surface area contributed by atoms with Gasteiger partial charge in [0, 0.05) is 30.9 Å². The maximum absolute atomic E-state index is 13.4. The molecule has 1 aromatic carbocycles. The van der Waals surface area contributed by atoms with E-state index in [2.05, 4.69) is 24.8 Å². The Balaban J connectivity index is 1.64. The molecule has 1 aliphatic rings. The van der Waals surface area contributed by atoms with Crippen LogP contribution in [0, 0.1) is 5.82 Å². The van der Waals surface area contributed by atoms with Crippen molar-refractivity contribution < 1.29 is 4.39 Å². The van der Waals surface area contributed by atoms with Crippen molar-refractivity contribution in [2.24, 2.45) is 0 Å². The Morgan fingerprint density at radius 1 is 1.14 bits per heavy atom. The molecular formula is C16H14FN5. The zero-order valence-corrected chi connectivity index (χ0v) is 11.8. The minimum Gasteiger partial charge on any atom is -0.340 e. The molecular weight excluding hydrogens is 281 g/mol. The van der Waals surface area contributed by atoms with E-state index in [0.717, 1.165) is 35.9 Å². The molecule has 0 unspecified atom stereocenters. The lowest BCUT2D eigenvalue weighted by atomic mass is 10.1. The predicted octanol–water partition coefficient (Wildman–Crippen LogP) is 2.57. The molecule has 6 heteroatoms. The van der Waals surface area contributed by atoms with Crippen LogP contribution in [0.3, 0.4) is 0 Å². The van der Waals surface area contributed by atoms with Crippen molar-refractivity contribution in [3.63, 3.8) is 0 Å². The molecule has 0 amide bonds. The largest absolute Gasteiger partial charge is 0.340 e. The van der Waals surface area contributed by atoms with Gasteiger partial charge in [-0.15, -0.1) is 0 Å². The minimum absolute atomic E-state index is 0.258. The fraction of sp³-hybridized carbons (Fsp3) is 0.188.